The van der Waals surface area contributed by atoms with Crippen LogP contribution in [-0.2, 0) is 26.2 Å². The summed E-state index contributed by atoms with van der Waals surface area (Å²) >= 11 is 0. The van der Waals surface area contributed by atoms with E-state index >= 15 is 0 Å². The summed E-state index contributed by atoms with van der Waals surface area (Å²) in [7, 11) is 0.795. The van der Waals surface area contributed by atoms with Crippen molar-refractivity contribution in [3.63, 3.8) is 0 Å². The van der Waals surface area contributed by atoms with Gasteiger partial charge >= 0.3 is 26.2 Å². The number of fused-ring (bicyclic) bond motifs is 5. The molecule has 3 radical (unpaired) electrons. The zero-order chi connectivity index (χ0) is 39.0. The van der Waals surface area contributed by atoms with Crippen LogP contribution in [0, 0.1) is 47.6 Å². The van der Waals surface area contributed by atoms with Crippen molar-refractivity contribution in [2.45, 2.75) is 81.1 Å². The molecule has 0 nitrogen and oxygen atoms in total. The molecule has 56 heavy (non-hydrogen) atoms. The van der Waals surface area contributed by atoms with Gasteiger partial charge in [0.15, 0.2) is 0 Å². The predicted octanol–water partition coefficient (Wildman–Crippen LogP) is 13.7. The number of hydrogen-bond acceptors (Lipinski definition) is 0. The summed E-state index contributed by atoms with van der Waals surface area (Å²) in [5, 5.41) is 8.30. The van der Waals surface area contributed by atoms with Gasteiger partial charge in [-0.05, 0) is 86.8 Å². The fourth-order valence-electron chi connectivity index (χ4n) is 8.02. The van der Waals surface area contributed by atoms with Gasteiger partial charge < -0.3 is 0 Å². The van der Waals surface area contributed by atoms with Gasteiger partial charge in [0.25, 0.3) is 0 Å². The Morgan fingerprint density at radius 1 is 0.482 bits per heavy atom. The van der Waals surface area contributed by atoms with E-state index in [0.29, 0.717) is 11.8 Å². The van der Waals surface area contributed by atoms with E-state index < -0.39 is 0 Å². The van der Waals surface area contributed by atoms with Crippen LogP contribution in [0.1, 0.15) is 84.0 Å². The summed E-state index contributed by atoms with van der Waals surface area (Å²) < 4.78 is 0. The first-order valence-electron chi connectivity index (χ1n) is 19.8. The largest absolute Gasteiger partial charge is 3.00 e. The molecule has 2 heteroatoms. The maximum atomic E-state index is 3.31. The van der Waals surface area contributed by atoms with Gasteiger partial charge in [-0.25, -0.2) is 0 Å². The van der Waals surface area contributed by atoms with Crippen LogP contribution in [0.25, 0.3) is 54.9 Å². The van der Waals surface area contributed by atoms with Crippen molar-refractivity contribution < 1.29 is 26.2 Å². The number of hydrogen-bond donors (Lipinski definition) is 0. The Morgan fingerprint density at radius 2 is 0.946 bits per heavy atom. The molecule has 0 amide bonds. The van der Waals surface area contributed by atoms with Crippen LogP contribution < -0.4 is 10.4 Å². The van der Waals surface area contributed by atoms with Crippen LogP contribution in [-0.4, -0.2) is 9.52 Å². The molecule has 0 atom stereocenters. The molecule has 0 aliphatic carbocycles. The first kappa shape index (κ1) is 41.3. The minimum atomic E-state index is 0. The van der Waals surface area contributed by atoms with Gasteiger partial charge in [-0.1, -0.05) is 121 Å². The average molecular weight is 821 g/mol. The van der Waals surface area contributed by atoms with Crippen molar-refractivity contribution in [3.05, 3.63) is 178 Å². The third kappa shape index (κ3) is 8.49. The Labute approximate surface area is 357 Å². The van der Waals surface area contributed by atoms with Crippen LogP contribution in [0.2, 0.25) is 0 Å². The van der Waals surface area contributed by atoms with Crippen molar-refractivity contribution in [1.29, 1.82) is 0 Å². The summed E-state index contributed by atoms with van der Waals surface area (Å²) in [5.74, 6) is 1.15. The zero-order valence-corrected chi connectivity index (χ0v) is 38.2. The van der Waals surface area contributed by atoms with Gasteiger partial charge in [-0.3, -0.25) is 0 Å². The van der Waals surface area contributed by atoms with E-state index in [1.54, 1.807) is 0 Å². The van der Waals surface area contributed by atoms with Crippen LogP contribution >= 0.6 is 0 Å². The summed E-state index contributed by atoms with van der Waals surface area (Å²) in [6.45, 7) is 22.3. The van der Waals surface area contributed by atoms with E-state index in [9.17, 15) is 0 Å². The van der Waals surface area contributed by atoms with Crippen molar-refractivity contribution in [1.82, 2.24) is 0 Å². The molecule has 0 N–H and O–H groups in total. The molecule has 0 saturated carbocycles. The van der Waals surface area contributed by atoms with E-state index in [2.05, 4.69) is 197 Å². The van der Waals surface area contributed by atoms with E-state index in [1.165, 1.54) is 110 Å². The molecular formula is C54H53SiZr. The molecule has 1 heterocycles. The summed E-state index contributed by atoms with van der Waals surface area (Å²) in [6.07, 6.45) is 0. The third-order valence-corrected chi connectivity index (χ3v) is 12.8. The Kier molecular flexibility index (Phi) is 12.8. The van der Waals surface area contributed by atoms with Gasteiger partial charge in [-0.15, -0.1) is 74.6 Å². The summed E-state index contributed by atoms with van der Waals surface area (Å²) in [6, 6.07) is 50.1. The second-order valence-corrected chi connectivity index (χ2v) is 17.4. The van der Waals surface area contributed by atoms with Gasteiger partial charge in [0.05, 0.1) is 9.52 Å². The van der Waals surface area contributed by atoms with Gasteiger partial charge in [-0.2, -0.15) is 41.6 Å². The number of rotatable bonds is 4. The van der Waals surface area contributed by atoms with E-state index in [1.807, 2.05) is 6.07 Å². The third-order valence-electron chi connectivity index (χ3n) is 11.4. The molecule has 1 aliphatic heterocycles. The van der Waals surface area contributed by atoms with Gasteiger partial charge in [0, 0.05) is 0 Å². The minimum absolute atomic E-state index is 0. The second-order valence-electron chi connectivity index (χ2n) is 16.1. The first-order valence-corrected chi connectivity index (χ1v) is 20.8. The van der Waals surface area contributed by atoms with Crippen LogP contribution in [0.5, 0.6) is 0 Å². The van der Waals surface area contributed by atoms with Crippen LogP contribution in [0.15, 0.2) is 127 Å². The Morgan fingerprint density at radius 3 is 1.45 bits per heavy atom. The Bertz CT molecular complexity index is 2460. The normalized spacial score (nSPS) is 11.5. The molecule has 0 unspecified atom stereocenters. The maximum Gasteiger partial charge on any atom is 3.00 e. The van der Waals surface area contributed by atoms with Gasteiger partial charge in [0.2, 0.25) is 0 Å². The second kappa shape index (κ2) is 17.4. The summed E-state index contributed by atoms with van der Waals surface area (Å²) in [4.78, 5) is 0. The average Bonchev–Trinajstić information content (AvgIpc) is 3.91. The molecule has 0 saturated heterocycles. The Balaban J connectivity index is 0.000000145. The standard InChI is InChI=1S/2C21H23.C12H7Si.Zr/c2*1-13(2)18-11-17-7-6-8-19(21(17)12-18)20-10-14(3)9-15(4)16(20)5;1-3-7-11-9(5-1)10-6-2-4-8-12(10)13-11;/h2*6-13H,1-5H3;1-7H;/q3*-1;+3. The molecule has 8 aromatic rings. The molecule has 0 aromatic heterocycles. The quantitative estimate of drug-likeness (QED) is 0.123. The number of benzene rings is 6. The van der Waals surface area contributed by atoms with Crippen LogP contribution in [0.4, 0.5) is 0 Å². The monoisotopic (exact) mass is 819 g/mol. The molecule has 1 aliphatic rings. The first-order chi connectivity index (χ1) is 26.4. The van der Waals surface area contributed by atoms with Crippen molar-refractivity contribution >= 4 is 41.4 Å². The minimum Gasteiger partial charge on any atom is -0.184 e. The maximum absolute atomic E-state index is 3.31. The fraction of sp³-hybridized carbons (Fsp3) is 0.222. The van der Waals surface area contributed by atoms with Crippen molar-refractivity contribution in [3.8, 4) is 33.4 Å². The molecule has 8 aromatic carbocycles. The van der Waals surface area contributed by atoms with Crippen LogP contribution in [0.3, 0.4) is 0 Å². The smallest absolute Gasteiger partial charge is 0.184 e. The van der Waals surface area contributed by atoms with E-state index in [-0.39, 0.29) is 26.2 Å². The molecule has 277 valence electrons. The van der Waals surface area contributed by atoms with E-state index in [0.717, 1.165) is 9.52 Å². The van der Waals surface area contributed by atoms with Crippen molar-refractivity contribution in [2.24, 2.45) is 0 Å². The fourth-order valence-corrected chi connectivity index (χ4v) is 9.33. The predicted molar refractivity (Wildman–Crippen MR) is 242 cm³/mol. The molecule has 0 spiro atoms. The molecular weight excluding hydrogens is 768 g/mol. The van der Waals surface area contributed by atoms with Crippen molar-refractivity contribution in [2.75, 3.05) is 0 Å². The van der Waals surface area contributed by atoms with E-state index in [4.69, 9.17) is 0 Å². The molecule has 9 rings (SSSR count). The molecule has 0 bridgehead atoms. The topological polar surface area (TPSA) is 0 Å². The summed E-state index contributed by atoms with van der Waals surface area (Å²) in [5.41, 5.74) is 19.3. The zero-order valence-electron chi connectivity index (χ0n) is 34.8. The molecule has 0 fully saturated rings. The van der Waals surface area contributed by atoms with Gasteiger partial charge in [0.1, 0.15) is 0 Å². The Hall–Kier alpha value is -4.36. The SMILES string of the molecule is Cc1cc(C)c(C)c(-c2cccc3[cH-]c(C(C)C)cc23)c1.Cc1cc(C)c(C)c(-c2cccc3[cH-]c(C(C)C)cc23)c1.[Zr+3].[c-]1cccc2c1[Si]c1ccccc1-2. The number of aryl methyl sites for hydroxylation is 4.